The number of aromatic nitrogens is 4. The van der Waals surface area contributed by atoms with Crippen LogP contribution in [0.15, 0.2) is 58.4 Å². The molecule has 0 bridgehead atoms. The molecule has 7 nitrogen and oxygen atoms in total. The van der Waals surface area contributed by atoms with Gasteiger partial charge in [-0.05, 0) is 25.1 Å². The van der Waals surface area contributed by atoms with Gasteiger partial charge in [-0.2, -0.15) is 5.10 Å². The van der Waals surface area contributed by atoms with Crippen LogP contribution in [-0.2, 0) is 13.1 Å². The van der Waals surface area contributed by atoms with E-state index < -0.39 is 0 Å². The zero-order valence-corrected chi connectivity index (χ0v) is 14.3. The number of nitrogens with one attached hydrogen (secondary N) is 1. The summed E-state index contributed by atoms with van der Waals surface area (Å²) in [5.74, 6) is 0.784. The van der Waals surface area contributed by atoms with Crippen molar-refractivity contribution >= 4 is 28.3 Å². The molecule has 3 aromatic rings. The third-order valence-electron chi connectivity index (χ3n) is 4.54. The van der Waals surface area contributed by atoms with Crippen LogP contribution in [0.4, 0.5) is 5.69 Å². The van der Waals surface area contributed by atoms with Crippen molar-refractivity contribution in [3.8, 4) is 0 Å². The molecule has 26 heavy (non-hydrogen) atoms. The second-order valence-corrected chi connectivity index (χ2v) is 6.53. The van der Waals surface area contributed by atoms with Gasteiger partial charge in [0.2, 0.25) is 0 Å². The molecule has 0 spiro atoms. The number of fused-ring (bicyclic) bond motifs is 2. The Hall–Kier alpha value is -3.35. The third kappa shape index (κ3) is 2.57. The van der Waals surface area contributed by atoms with Gasteiger partial charge in [0.05, 0.1) is 48.9 Å². The second-order valence-electron chi connectivity index (χ2n) is 6.53. The lowest BCUT2D eigenvalue weighted by Crippen LogP contribution is -2.13. The zero-order valence-electron chi connectivity index (χ0n) is 14.3. The molecule has 0 fully saturated rings. The van der Waals surface area contributed by atoms with Crippen molar-refractivity contribution in [1.82, 2.24) is 19.7 Å². The molecular formula is C19H17N7. The van der Waals surface area contributed by atoms with E-state index in [0.29, 0.717) is 13.1 Å². The number of anilines is 1. The second kappa shape index (κ2) is 5.87. The molecular weight excluding hydrogens is 326 g/mol. The molecule has 3 aromatic heterocycles. The van der Waals surface area contributed by atoms with Crippen molar-refractivity contribution in [1.29, 1.82) is 0 Å². The first kappa shape index (κ1) is 14.9. The number of hydrogen-bond donors (Lipinski definition) is 1. The molecule has 1 N–H and O–H groups in total. The van der Waals surface area contributed by atoms with Gasteiger partial charge in [0, 0.05) is 11.8 Å². The average molecular weight is 343 g/mol. The summed E-state index contributed by atoms with van der Waals surface area (Å²) >= 11 is 0. The van der Waals surface area contributed by atoms with Crippen LogP contribution in [0.25, 0.3) is 11.0 Å². The molecule has 7 heteroatoms. The molecule has 0 saturated heterocycles. The summed E-state index contributed by atoms with van der Waals surface area (Å²) in [7, 11) is 0. The third-order valence-corrected chi connectivity index (χ3v) is 4.54. The van der Waals surface area contributed by atoms with Gasteiger partial charge < -0.3 is 5.32 Å². The van der Waals surface area contributed by atoms with Crippen molar-refractivity contribution in [3.05, 3.63) is 59.7 Å². The molecule has 0 aromatic carbocycles. The van der Waals surface area contributed by atoms with Crippen LogP contribution in [0.1, 0.15) is 18.2 Å². The van der Waals surface area contributed by atoms with E-state index in [0.717, 1.165) is 46.1 Å². The Morgan fingerprint density at radius 3 is 3.00 bits per heavy atom. The molecule has 0 atom stereocenters. The van der Waals surface area contributed by atoms with Crippen molar-refractivity contribution in [2.24, 2.45) is 9.98 Å². The summed E-state index contributed by atoms with van der Waals surface area (Å²) < 4.78 is 1.93. The molecule has 128 valence electrons. The van der Waals surface area contributed by atoms with Crippen LogP contribution >= 0.6 is 0 Å². The average Bonchev–Trinajstić information content (AvgIpc) is 3.36. The highest BCUT2D eigenvalue weighted by molar-refractivity contribution is 6.09. The van der Waals surface area contributed by atoms with Gasteiger partial charge in [0.1, 0.15) is 11.2 Å². The fraction of sp³-hybridized carbons (Fsp3) is 0.211. The van der Waals surface area contributed by atoms with Crippen LogP contribution in [0.2, 0.25) is 0 Å². The van der Waals surface area contributed by atoms with E-state index in [1.54, 1.807) is 18.6 Å². The van der Waals surface area contributed by atoms with E-state index in [1.807, 2.05) is 16.8 Å². The number of aliphatic imine (C=N–C) groups is 2. The Morgan fingerprint density at radius 1 is 1.15 bits per heavy atom. The quantitative estimate of drug-likeness (QED) is 0.793. The van der Waals surface area contributed by atoms with Crippen molar-refractivity contribution in [2.45, 2.75) is 20.0 Å². The first-order valence-electron chi connectivity index (χ1n) is 8.54. The van der Waals surface area contributed by atoms with Crippen LogP contribution in [0, 0.1) is 0 Å². The van der Waals surface area contributed by atoms with E-state index in [-0.39, 0.29) is 0 Å². The molecule has 0 unspecified atom stereocenters. The lowest BCUT2D eigenvalue weighted by Gasteiger charge is -2.08. The van der Waals surface area contributed by atoms with E-state index in [4.69, 9.17) is 0 Å². The fourth-order valence-electron chi connectivity index (χ4n) is 3.26. The summed E-state index contributed by atoms with van der Waals surface area (Å²) in [6, 6.07) is 6.03. The van der Waals surface area contributed by atoms with Gasteiger partial charge in [-0.15, -0.1) is 0 Å². The summed E-state index contributed by atoms with van der Waals surface area (Å²) in [4.78, 5) is 18.0. The number of hydrogen-bond acceptors (Lipinski definition) is 6. The van der Waals surface area contributed by atoms with Gasteiger partial charge in [0.25, 0.3) is 0 Å². The highest BCUT2D eigenvalue weighted by Gasteiger charge is 2.17. The highest BCUT2D eigenvalue weighted by Crippen LogP contribution is 2.21. The molecule has 0 saturated carbocycles. The minimum atomic E-state index is 0.650. The maximum Gasteiger partial charge on any atom is 0.152 e. The minimum Gasteiger partial charge on any atom is -0.337 e. The fourth-order valence-corrected chi connectivity index (χ4v) is 3.26. The number of allylic oxidation sites excluding steroid dienone is 1. The standard InChI is InChI=1S/C19H17N7/c1-12-5-15(21-7-12)11-26-17-6-14(9-22-16(17)10-24-26)25-19-18-13(8-23-19)3-2-4-20-18/h2-6,9-10H,7-8,11H2,1H3,(H,23,25). The zero-order chi connectivity index (χ0) is 17.5. The van der Waals surface area contributed by atoms with Gasteiger partial charge in [-0.1, -0.05) is 11.6 Å². The molecule has 0 aliphatic carbocycles. The van der Waals surface area contributed by atoms with Crippen LogP contribution < -0.4 is 5.32 Å². The lowest BCUT2D eigenvalue weighted by atomic mass is 10.2. The summed E-state index contributed by atoms with van der Waals surface area (Å²) in [5, 5.41) is 7.82. The smallest absolute Gasteiger partial charge is 0.152 e. The van der Waals surface area contributed by atoms with Crippen LogP contribution in [0.3, 0.4) is 0 Å². The highest BCUT2D eigenvalue weighted by atomic mass is 15.3. The molecule has 0 radical (unpaired) electrons. The minimum absolute atomic E-state index is 0.650. The van der Waals surface area contributed by atoms with Gasteiger partial charge in [-0.25, -0.2) is 0 Å². The van der Waals surface area contributed by atoms with Crippen molar-refractivity contribution in [2.75, 3.05) is 11.9 Å². The van der Waals surface area contributed by atoms with Crippen LogP contribution in [-0.4, -0.2) is 37.8 Å². The van der Waals surface area contributed by atoms with E-state index in [9.17, 15) is 0 Å². The molecule has 2 aliphatic rings. The Balaban J connectivity index is 1.44. The first-order valence-corrected chi connectivity index (χ1v) is 8.54. The first-order chi connectivity index (χ1) is 12.8. The Kier molecular flexibility index (Phi) is 3.38. The number of amidine groups is 1. The summed E-state index contributed by atoms with van der Waals surface area (Å²) in [5.41, 5.74) is 7.07. The van der Waals surface area contributed by atoms with Crippen molar-refractivity contribution < 1.29 is 0 Å². The predicted molar refractivity (Wildman–Crippen MR) is 102 cm³/mol. The summed E-state index contributed by atoms with van der Waals surface area (Å²) in [6.07, 6.45) is 7.50. The SMILES string of the molecule is CC1=CC(Cn2ncc3ncc(NC4=NCc5cccnc54)cc32)=NC1. The Morgan fingerprint density at radius 2 is 2.12 bits per heavy atom. The Bertz CT molecular complexity index is 1100. The maximum absolute atomic E-state index is 4.55. The molecule has 2 aliphatic heterocycles. The van der Waals surface area contributed by atoms with Gasteiger partial charge in [0.15, 0.2) is 5.84 Å². The molecule has 5 rings (SSSR count). The monoisotopic (exact) mass is 343 g/mol. The van der Waals surface area contributed by atoms with Crippen molar-refractivity contribution in [3.63, 3.8) is 0 Å². The lowest BCUT2D eigenvalue weighted by molar-refractivity contribution is 0.752. The van der Waals surface area contributed by atoms with E-state index >= 15 is 0 Å². The molecule has 5 heterocycles. The van der Waals surface area contributed by atoms with Gasteiger partial charge >= 0.3 is 0 Å². The topological polar surface area (TPSA) is 80.4 Å². The number of pyridine rings is 2. The van der Waals surface area contributed by atoms with E-state index in [2.05, 4.69) is 49.4 Å². The molecule has 0 amide bonds. The summed E-state index contributed by atoms with van der Waals surface area (Å²) in [6.45, 7) is 4.18. The normalized spacial score (nSPS) is 15.7. The van der Waals surface area contributed by atoms with E-state index in [1.165, 1.54) is 5.57 Å². The number of nitrogens with zero attached hydrogens (tertiary/aromatic N) is 6. The number of rotatable bonds is 3. The predicted octanol–water partition coefficient (Wildman–Crippen LogP) is 2.60. The Labute approximate surface area is 150 Å². The maximum atomic E-state index is 4.55. The van der Waals surface area contributed by atoms with Gasteiger partial charge in [-0.3, -0.25) is 24.6 Å². The largest absolute Gasteiger partial charge is 0.337 e. The van der Waals surface area contributed by atoms with Crippen LogP contribution in [0.5, 0.6) is 0 Å².